The Morgan fingerprint density at radius 1 is 1.25 bits per heavy atom. The molecule has 134 valence electrons. The molecule has 0 unspecified atom stereocenters. The molecule has 1 aromatic rings. The van der Waals surface area contributed by atoms with Crippen LogP contribution in [0.4, 0.5) is 13.2 Å². The zero-order valence-corrected chi connectivity index (χ0v) is 13.6. The van der Waals surface area contributed by atoms with Gasteiger partial charge < -0.3 is 14.8 Å². The summed E-state index contributed by atoms with van der Waals surface area (Å²) >= 11 is 0. The van der Waals surface area contributed by atoms with Crippen molar-refractivity contribution in [2.24, 2.45) is 0 Å². The molecule has 1 amide bonds. The Hall–Kier alpha value is -1.76. The van der Waals surface area contributed by atoms with Gasteiger partial charge in [0.2, 0.25) is 5.91 Å². The van der Waals surface area contributed by atoms with E-state index in [1.54, 1.807) is 7.11 Å². The number of methoxy groups -OCH3 is 1. The Morgan fingerprint density at radius 3 is 2.54 bits per heavy atom. The second-order valence-corrected chi connectivity index (χ2v) is 6.07. The molecule has 0 bridgehead atoms. The van der Waals surface area contributed by atoms with Crippen molar-refractivity contribution in [3.8, 4) is 5.75 Å². The van der Waals surface area contributed by atoms with E-state index in [0.717, 1.165) is 37.0 Å². The summed E-state index contributed by atoms with van der Waals surface area (Å²) in [6.07, 6.45) is -0.546. The highest BCUT2D eigenvalue weighted by Crippen LogP contribution is 2.44. The SMILES string of the molecule is COc1ccccc1C1(CNC(=O)COCC(F)(F)F)CCCC1. The molecule has 1 aromatic carbocycles. The second kappa shape index (κ2) is 7.88. The standard InChI is InChI=1S/C17H22F3NO3/c1-23-14-7-3-2-6-13(14)16(8-4-5-9-16)11-21-15(22)10-24-12-17(18,19)20/h2-3,6-7H,4-5,8-12H2,1H3,(H,21,22). The highest BCUT2D eigenvalue weighted by atomic mass is 19.4. The number of carbonyl (C=O) groups is 1. The molecule has 0 heterocycles. The van der Waals surface area contributed by atoms with E-state index in [2.05, 4.69) is 10.1 Å². The van der Waals surface area contributed by atoms with Crippen molar-refractivity contribution in [2.45, 2.75) is 37.3 Å². The third-order valence-electron chi connectivity index (χ3n) is 4.36. The number of para-hydroxylation sites is 1. The van der Waals surface area contributed by atoms with Gasteiger partial charge in [0.15, 0.2) is 0 Å². The highest BCUT2D eigenvalue weighted by Gasteiger charge is 2.38. The summed E-state index contributed by atoms with van der Waals surface area (Å²) in [5, 5.41) is 2.71. The van der Waals surface area contributed by atoms with E-state index in [9.17, 15) is 18.0 Å². The van der Waals surface area contributed by atoms with Crippen molar-refractivity contribution >= 4 is 5.91 Å². The van der Waals surface area contributed by atoms with Gasteiger partial charge in [-0.25, -0.2) is 0 Å². The fourth-order valence-electron chi connectivity index (χ4n) is 3.25. The number of benzene rings is 1. The molecule has 0 saturated heterocycles. The zero-order valence-electron chi connectivity index (χ0n) is 13.6. The highest BCUT2D eigenvalue weighted by molar-refractivity contribution is 5.77. The summed E-state index contributed by atoms with van der Waals surface area (Å²) in [5.74, 6) is 0.224. The first-order valence-electron chi connectivity index (χ1n) is 7.91. The minimum atomic E-state index is -4.43. The van der Waals surface area contributed by atoms with Crippen LogP contribution in [0.1, 0.15) is 31.2 Å². The van der Waals surface area contributed by atoms with Crippen LogP contribution in [-0.2, 0) is 14.9 Å². The van der Waals surface area contributed by atoms with Gasteiger partial charge in [0, 0.05) is 17.5 Å². The van der Waals surface area contributed by atoms with Crippen molar-refractivity contribution in [2.75, 3.05) is 26.9 Å². The lowest BCUT2D eigenvalue weighted by atomic mass is 9.78. The molecule has 0 atom stereocenters. The van der Waals surface area contributed by atoms with Crippen LogP contribution in [0.2, 0.25) is 0 Å². The molecule has 1 aliphatic carbocycles. The number of hydrogen-bond acceptors (Lipinski definition) is 3. The normalized spacial score (nSPS) is 16.8. The van der Waals surface area contributed by atoms with E-state index in [0.29, 0.717) is 6.54 Å². The second-order valence-electron chi connectivity index (χ2n) is 6.07. The van der Waals surface area contributed by atoms with Crippen LogP contribution in [0.25, 0.3) is 0 Å². The van der Waals surface area contributed by atoms with Gasteiger partial charge >= 0.3 is 6.18 Å². The number of hydrogen-bond donors (Lipinski definition) is 1. The largest absolute Gasteiger partial charge is 0.496 e. The van der Waals surface area contributed by atoms with Gasteiger partial charge in [-0.05, 0) is 18.9 Å². The first kappa shape index (κ1) is 18.6. The van der Waals surface area contributed by atoms with Gasteiger partial charge in [0.05, 0.1) is 7.11 Å². The number of alkyl halides is 3. The maximum atomic E-state index is 12.0. The quantitative estimate of drug-likeness (QED) is 0.826. The molecule has 24 heavy (non-hydrogen) atoms. The van der Waals surface area contributed by atoms with Crippen LogP contribution < -0.4 is 10.1 Å². The van der Waals surface area contributed by atoms with E-state index >= 15 is 0 Å². The number of rotatable bonds is 7. The maximum absolute atomic E-state index is 12.0. The van der Waals surface area contributed by atoms with Crippen LogP contribution in [0.15, 0.2) is 24.3 Å². The lowest BCUT2D eigenvalue weighted by molar-refractivity contribution is -0.175. The van der Waals surface area contributed by atoms with Crippen molar-refractivity contribution in [1.82, 2.24) is 5.32 Å². The Labute approximate surface area is 139 Å². The molecule has 1 N–H and O–H groups in total. The topological polar surface area (TPSA) is 47.6 Å². The summed E-state index contributed by atoms with van der Waals surface area (Å²) in [5.41, 5.74) is 0.785. The number of nitrogens with one attached hydrogen (secondary N) is 1. The van der Waals surface area contributed by atoms with Crippen LogP contribution >= 0.6 is 0 Å². The maximum Gasteiger partial charge on any atom is 0.411 e. The fourth-order valence-corrected chi connectivity index (χ4v) is 3.25. The summed E-state index contributed by atoms with van der Waals surface area (Å²) in [6, 6.07) is 7.67. The Kier molecular flexibility index (Phi) is 6.10. The Bertz CT molecular complexity index is 554. The average molecular weight is 345 g/mol. The molecule has 0 aliphatic heterocycles. The Morgan fingerprint density at radius 2 is 1.92 bits per heavy atom. The minimum absolute atomic E-state index is 0.244. The molecule has 1 aliphatic rings. The van der Waals surface area contributed by atoms with Crippen LogP contribution in [0.3, 0.4) is 0 Å². The molecule has 0 spiro atoms. The molecule has 1 saturated carbocycles. The molecular formula is C17H22F3NO3. The lowest BCUT2D eigenvalue weighted by Gasteiger charge is -2.31. The van der Waals surface area contributed by atoms with Crippen molar-refractivity contribution < 1.29 is 27.4 Å². The van der Waals surface area contributed by atoms with E-state index in [1.165, 1.54) is 0 Å². The number of halogens is 3. The molecule has 1 fully saturated rings. The summed E-state index contributed by atoms with van der Waals surface area (Å²) in [6.45, 7) is -1.65. The van der Waals surface area contributed by atoms with Crippen LogP contribution in [0, 0.1) is 0 Å². The summed E-state index contributed by atoms with van der Waals surface area (Å²) in [7, 11) is 1.60. The van der Waals surface area contributed by atoms with Crippen LogP contribution in [-0.4, -0.2) is 39.0 Å². The van der Waals surface area contributed by atoms with E-state index in [-0.39, 0.29) is 5.41 Å². The number of ether oxygens (including phenoxy) is 2. The lowest BCUT2D eigenvalue weighted by Crippen LogP contribution is -2.41. The molecule has 7 heteroatoms. The predicted octanol–water partition coefficient (Wildman–Crippen LogP) is 3.20. The van der Waals surface area contributed by atoms with E-state index in [1.807, 2.05) is 24.3 Å². The first-order valence-corrected chi connectivity index (χ1v) is 7.91. The van der Waals surface area contributed by atoms with Crippen molar-refractivity contribution in [1.29, 1.82) is 0 Å². The van der Waals surface area contributed by atoms with E-state index < -0.39 is 25.3 Å². The van der Waals surface area contributed by atoms with Crippen molar-refractivity contribution in [3.05, 3.63) is 29.8 Å². The number of amides is 1. The van der Waals surface area contributed by atoms with Gasteiger partial charge in [0.1, 0.15) is 19.0 Å². The van der Waals surface area contributed by atoms with E-state index in [4.69, 9.17) is 4.74 Å². The fraction of sp³-hybridized carbons (Fsp3) is 0.588. The molecule has 0 aromatic heterocycles. The van der Waals surface area contributed by atoms with Gasteiger partial charge in [-0.1, -0.05) is 31.0 Å². The van der Waals surface area contributed by atoms with Gasteiger partial charge in [-0.2, -0.15) is 13.2 Å². The molecule has 2 rings (SSSR count). The third kappa shape index (κ3) is 4.87. The van der Waals surface area contributed by atoms with Crippen molar-refractivity contribution in [3.63, 3.8) is 0 Å². The molecule has 0 radical (unpaired) electrons. The third-order valence-corrected chi connectivity index (χ3v) is 4.36. The first-order chi connectivity index (χ1) is 11.4. The number of carbonyl (C=O) groups excluding carboxylic acids is 1. The zero-order chi connectivity index (χ0) is 17.6. The smallest absolute Gasteiger partial charge is 0.411 e. The van der Waals surface area contributed by atoms with Crippen LogP contribution in [0.5, 0.6) is 5.75 Å². The Balaban J connectivity index is 1.98. The molecule has 4 nitrogen and oxygen atoms in total. The molecular weight excluding hydrogens is 323 g/mol. The van der Waals surface area contributed by atoms with Gasteiger partial charge in [-0.3, -0.25) is 4.79 Å². The summed E-state index contributed by atoms with van der Waals surface area (Å²) < 4.78 is 45.9. The monoisotopic (exact) mass is 345 g/mol. The summed E-state index contributed by atoms with van der Waals surface area (Å²) in [4.78, 5) is 11.8. The average Bonchev–Trinajstić information content (AvgIpc) is 3.02. The predicted molar refractivity (Wildman–Crippen MR) is 83.0 cm³/mol. The van der Waals surface area contributed by atoms with Gasteiger partial charge in [-0.15, -0.1) is 0 Å². The van der Waals surface area contributed by atoms with Gasteiger partial charge in [0.25, 0.3) is 0 Å². The minimum Gasteiger partial charge on any atom is -0.496 e.